The molecule has 0 radical (unpaired) electrons. The standard InChI is InChI=1S/C18H26N4O3S/c1-8-26-18(19-5)16(21-24-7)15-10-14-9-11(2)17(15)25-22(14)13(4)12(3)20-23-6/h9-10,13H,8H2,1-7H3. The van der Waals surface area contributed by atoms with Gasteiger partial charge in [-0.05, 0) is 44.2 Å². The predicted molar refractivity (Wildman–Crippen MR) is 109 cm³/mol. The fourth-order valence-electron chi connectivity index (χ4n) is 2.69. The van der Waals surface area contributed by atoms with Gasteiger partial charge in [-0.2, -0.15) is 0 Å². The number of thioether (sulfide) groups is 1. The van der Waals surface area contributed by atoms with Gasteiger partial charge in [0, 0.05) is 7.05 Å². The zero-order chi connectivity index (χ0) is 19.3. The first kappa shape index (κ1) is 20.1. The highest BCUT2D eigenvalue weighted by atomic mass is 32.2. The van der Waals surface area contributed by atoms with Crippen molar-refractivity contribution in [3.05, 3.63) is 23.3 Å². The van der Waals surface area contributed by atoms with Crippen LogP contribution >= 0.6 is 11.8 Å². The van der Waals surface area contributed by atoms with Crippen LogP contribution in [0.25, 0.3) is 0 Å². The Morgan fingerprint density at radius 2 is 1.96 bits per heavy atom. The van der Waals surface area contributed by atoms with Gasteiger partial charge in [0.2, 0.25) is 0 Å². The summed E-state index contributed by atoms with van der Waals surface area (Å²) in [6.07, 6.45) is 0. The highest BCUT2D eigenvalue weighted by Crippen LogP contribution is 2.38. The average Bonchev–Trinajstić information content (AvgIpc) is 2.64. The number of fused-ring (bicyclic) bond motifs is 3. The quantitative estimate of drug-likeness (QED) is 0.411. The molecule has 0 amide bonds. The summed E-state index contributed by atoms with van der Waals surface area (Å²) in [5.74, 6) is 1.63. The van der Waals surface area contributed by atoms with Crippen molar-refractivity contribution in [3.8, 4) is 5.75 Å². The molecule has 1 atom stereocenters. The van der Waals surface area contributed by atoms with E-state index in [0.717, 1.165) is 39.1 Å². The van der Waals surface area contributed by atoms with Crippen molar-refractivity contribution in [2.24, 2.45) is 15.3 Å². The molecular weight excluding hydrogens is 352 g/mol. The van der Waals surface area contributed by atoms with Gasteiger partial charge in [-0.1, -0.05) is 17.2 Å². The van der Waals surface area contributed by atoms with Crippen LogP contribution in [-0.2, 0) is 9.68 Å². The first-order valence-electron chi connectivity index (χ1n) is 8.39. The van der Waals surface area contributed by atoms with Gasteiger partial charge in [0.15, 0.2) is 5.75 Å². The van der Waals surface area contributed by atoms with Crippen LogP contribution in [-0.4, -0.2) is 49.5 Å². The molecule has 2 bridgehead atoms. The maximum atomic E-state index is 6.18. The van der Waals surface area contributed by atoms with Crippen LogP contribution in [0, 0.1) is 6.92 Å². The molecule has 26 heavy (non-hydrogen) atoms. The van der Waals surface area contributed by atoms with Crippen molar-refractivity contribution < 1.29 is 14.5 Å². The van der Waals surface area contributed by atoms with Crippen molar-refractivity contribution in [2.75, 3.05) is 32.1 Å². The first-order chi connectivity index (χ1) is 12.5. The number of nitrogens with zero attached hydrogens (tertiary/aromatic N) is 4. The highest BCUT2D eigenvalue weighted by molar-refractivity contribution is 8.15. The zero-order valence-corrected chi connectivity index (χ0v) is 17.2. The van der Waals surface area contributed by atoms with Crippen molar-refractivity contribution in [1.29, 1.82) is 0 Å². The minimum atomic E-state index is -0.0748. The van der Waals surface area contributed by atoms with Gasteiger partial charge in [0.05, 0.1) is 17.0 Å². The number of benzene rings is 1. The van der Waals surface area contributed by atoms with E-state index in [9.17, 15) is 0 Å². The average molecular weight is 378 g/mol. The third-order valence-corrected chi connectivity index (χ3v) is 4.96. The zero-order valence-electron chi connectivity index (χ0n) is 16.4. The lowest BCUT2D eigenvalue weighted by atomic mass is 10.0. The summed E-state index contributed by atoms with van der Waals surface area (Å²) in [6, 6.07) is 4.05. The number of oxime groups is 2. The minimum Gasteiger partial charge on any atom is -0.399 e. The van der Waals surface area contributed by atoms with Crippen molar-refractivity contribution in [1.82, 2.24) is 0 Å². The second-order valence-electron chi connectivity index (χ2n) is 5.73. The Balaban J connectivity index is 2.48. The molecule has 2 aliphatic heterocycles. The number of hydrogen-bond acceptors (Lipinski definition) is 8. The molecule has 7 nitrogen and oxygen atoms in total. The maximum Gasteiger partial charge on any atom is 0.168 e. The highest BCUT2D eigenvalue weighted by Gasteiger charge is 2.31. The third kappa shape index (κ3) is 3.95. The fraction of sp³-hybridized carbons (Fsp3) is 0.500. The Hall–Kier alpha value is -2.22. The van der Waals surface area contributed by atoms with E-state index in [-0.39, 0.29) is 6.04 Å². The molecule has 0 saturated carbocycles. The molecule has 0 fully saturated rings. The van der Waals surface area contributed by atoms with E-state index in [1.807, 2.05) is 31.9 Å². The van der Waals surface area contributed by atoms with E-state index < -0.39 is 0 Å². The van der Waals surface area contributed by atoms with Gasteiger partial charge in [-0.15, -0.1) is 11.8 Å². The van der Waals surface area contributed by atoms with Crippen molar-refractivity contribution >= 4 is 33.9 Å². The van der Waals surface area contributed by atoms with Gasteiger partial charge < -0.3 is 14.5 Å². The molecule has 0 spiro atoms. The molecule has 0 aromatic heterocycles. The lowest BCUT2D eigenvalue weighted by Crippen LogP contribution is -2.43. The molecule has 1 unspecified atom stereocenters. The Labute approximate surface area is 159 Å². The summed E-state index contributed by atoms with van der Waals surface area (Å²) < 4.78 is 0. The number of aryl methyl sites for hydroxylation is 1. The number of aliphatic imine (C=N–C) groups is 1. The Bertz CT molecular complexity index is 746. The lowest BCUT2D eigenvalue weighted by molar-refractivity contribution is 0.207. The lowest BCUT2D eigenvalue weighted by Gasteiger charge is -2.36. The van der Waals surface area contributed by atoms with Crippen LogP contribution in [0.3, 0.4) is 0 Å². The molecule has 3 rings (SSSR count). The van der Waals surface area contributed by atoms with Gasteiger partial charge in [0.1, 0.15) is 31.0 Å². The second-order valence-corrected chi connectivity index (χ2v) is 6.98. The van der Waals surface area contributed by atoms with Gasteiger partial charge in [-0.3, -0.25) is 4.99 Å². The Kier molecular flexibility index (Phi) is 6.90. The minimum absolute atomic E-state index is 0.0748. The molecular formula is C18H26N4O3S. The first-order valence-corrected chi connectivity index (χ1v) is 9.37. The second kappa shape index (κ2) is 8.93. The van der Waals surface area contributed by atoms with Crippen LogP contribution in [0.4, 0.5) is 5.69 Å². The SMILES string of the molecule is CCSC(=NC)C(=NOC)c1cc2cc(C)c1ON2C(C)C(C)=NOC. The maximum absolute atomic E-state index is 6.18. The van der Waals surface area contributed by atoms with Crippen LogP contribution < -0.4 is 9.90 Å². The summed E-state index contributed by atoms with van der Waals surface area (Å²) in [5, 5.41) is 10.9. The summed E-state index contributed by atoms with van der Waals surface area (Å²) >= 11 is 1.62. The van der Waals surface area contributed by atoms with Crippen molar-refractivity contribution in [3.63, 3.8) is 0 Å². The van der Waals surface area contributed by atoms with Gasteiger partial charge >= 0.3 is 0 Å². The van der Waals surface area contributed by atoms with E-state index in [1.165, 1.54) is 14.2 Å². The molecule has 142 valence electrons. The number of hydrogen-bond donors (Lipinski definition) is 0. The summed E-state index contributed by atoms with van der Waals surface area (Å²) in [5.41, 5.74) is 4.32. The molecule has 1 aromatic rings. The largest absolute Gasteiger partial charge is 0.399 e. The van der Waals surface area contributed by atoms with Gasteiger partial charge in [-0.25, -0.2) is 5.06 Å². The van der Waals surface area contributed by atoms with E-state index in [4.69, 9.17) is 14.5 Å². The summed E-state index contributed by atoms with van der Waals surface area (Å²) in [4.78, 5) is 20.5. The Morgan fingerprint density at radius 3 is 2.50 bits per heavy atom. The van der Waals surface area contributed by atoms with E-state index in [2.05, 4.69) is 28.3 Å². The monoisotopic (exact) mass is 378 g/mol. The van der Waals surface area contributed by atoms with E-state index in [1.54, 1.807) is 18.8 Å². The number of hydroxylamine groups is 1. The summed E-state index contributed by atoms with van der Waals surface area (Å²) in [7, 11) is 4.82. The number of rotatable bonds is 7. The van der Waals surface area contributed by atoms with Crippen molar-refractivity contribution in [2.45, 2.75) is 33.7 Å². The van der Waals surface area contributed by atoms with Gasteiger partial charge in [0.25, 0.3) is 0 Å². The topological polar surface area (TPSA) is 68.0 Å². The predicted octanol–water partition coefficient (Wildman–Crippen LogP) is 3.65. The smallest absolute Gasteiger partial charge is 0.168 e. The van der Waals surface area contributed by atoms with Crippen LogP contribution in [0.15, 0.2) is 27.4 Å². The summed E-state index contributed by atoms with van der Waals surface area (Å²) in [6.45, 7) is 8.01. The third-order valence-electron chi connectivity index (χ3n) is 4.02. The fourth-order valence-corrected chi connectivity index (χ4v) is 3.38. The molecule has 0 N–H and O–H groups in total. The van der Waals surface area contributed by atoms with E-state index >= 15 is 0 Å². The van der Waals surface area contributed by atoms with Crippen LogP contribution in [0.1, 0.15) is 31.9 Å². The number of anilines is 1. The molecule has 8 heteroatoms. The molecule has 0 aliphatic carbocycles. The molecule has 2 aliphatic rings. The normalized spacial score (nSPS) is 15.8. The van der Waals surface area contributed by atoms with Crippen LogP contribution in [0.2, 0.25) is 0 Å². The Morgan fingerprint density at radius 1 is 1.27 bits per heavy atom. The molecule has 0 saturated heterocycles. The van der Waals surface area contributed by atoms with Crippen LogP contribution in [0.5, 0.6) is 5.75 Å². The molecule has 2 heterocycles. The molecule has 1 aromatic carbocycles. The van der Waals surface area contributed by atoms with E-state index in [0.29, 0.717) is 5.71 Å².